The Morgan fingerprint density at radius 1 is 1.11 bits per heavy atom. The van der Waals surface area contributed by atoms with Gasteiger partial charge in [0.25, 0.3) is 5.91 Å². The number of nitrogens with one attached hydrogen (secondary N) is 1. The van der Waals surface area contributed by atoms with Gasteiger partial charge in [0.1, 0.15) is 17.4 Å². The number of Topliss-reactive ketones (excluding diaryl/α,β-unsaturated/α-hetero) is 1. The fourth-order valence-electron chi connectivity index (χ4n) is 8.44. The molecule has 4 aliphatic carbocycles. The number of hydrogen-bond acceptors (Lipinski definition) is 5. The Kier molecular flexibility index (Phi) is 10.4. The van der Waals surface area contributed by atoms with Crippen LogP contribution in [0.4, 0.5) is 4.39 Å². The molecule has 0 radical (unpaired) electrons. The van der Waals surface area contributed by atoms with Crippen LogP contribution in [0, 0.1) is 23.2 Å². The van der Waals surface area contributed by atoms with Crippen molar-refractivity contribution >= 4 is 27.3 Å². The van der Waals surface area contributed by atoms with E-state index in [1.807, 2.05) is 6.07 Å². The summed E-state index contributed by atoms with van der Waals surface area (Å²) in [5.74, 6) is 0.272. The number of carbonyl (C=O) groups excluding carboxylic acids is 2. The second kappa shape index (κ2) is 13.9. The molecular formula is C36H50FNO5S. The summed E-state index contributed by atoms with van der Waals surface area (Å²) in [7, 11) is -3.80. The van der Waals surface area contributed by atoms with E-state index in [1.165, 1.54) is 38.5 Å². The summed E-state index contributed by atoms with van der Waals surface area (Å²) in [5, 5.41) is 0. The molecule has 1 amide bonds. The molecule has 3 fully saturated rings. The molecule has 5 rings (SSSR count). The van der Waals surface area contributed by atoms with Crippen LogP contribution in [0.25, 0.3) is 5.57 Å². The highest BCUT2D eigenvalue weighted by atomic mass is 32.2. The van der Waals surface area contributed by atoms with Gasteiger partial charge in [0, 0.05) is 17.9 Å². The first kappa shape index (κ1) is 32.9. The smallest absolute Gasteiger partial charge is 0.265 e. The molecule has 6 nitrogen and oxygen atoms in total. The van der Waals surface area contributed by atoms with Crippen molar-refractivity contribution in [2.75, 3.05) is 6.26 Å². The van der Waals surface area contributed by atoms with Crippen molar-refractivity contribution in [1.29, 1.82) is 0 Å². The minimum atomic E-state index is -3.80. The third kappa shape index (κ3) is 7.66. The molecule has 3 saturated carbocycles. The maximum absolute atomic E-state index is 15.4. The minimum Gasteiger partial charge on any atom is -0.490 e. The first-order valence-corrected chi connectivity index (χ1v) is 18.8. The molecule has 1 N–H and O–H groups in total. The van der Waals surface area contributed by atoms with Crippen LogP contribution in [0.1, 0.15) is 133 Å². The molecule has 1 aromatic carbocycles. The zero-order valence-corrected chi connectivity index (χ0v) is 27.6. The molecule has 0 aliphatic heterocycles. The topological polar surface area (TPSA) is 89.5 Å². The maximum atomic E-state index is 15.4. The molecule has 1 unspecified atom stereocenters. The van der Waals surface area contributed by atoms with Crippen molar-refractivity contribution in [3.8, 4) is 5.75 Å². The Morgan fingerprint density at radius 2 is 1.86 bits per heavy atom. The van der Waals surface area contributed by atoms with E-state index in [-0.39, 0.29) is 35.2 Å². The van der Waals surface area contributed by atoms with Gasteiger partial charge in [0.15, 0.2) is 0 Å². The van der Waals surface area contributed by atoms with Gasteiger partial charge < -0.3 is 4.74 Å². The lowest BCUT2D eigenvalue weighted by atomic mass is 9.73. The van der Waals surface area contributed by atoms with Crippen molar-refractivity contribution in [2.24, 2.45) is 23.2 Å². The molecule has 44 heavy (non-hydrogen) atoms. The van der Waals surface area contributed by atoms with Gasteiger partial charge in [-0.2, -0.15) is 0 Å². The average Bonchev–Trinajstić information content (AvgIpc) is 3.57. The number of rotatable bonds is 13. The second-order valence-corrected chi connectivity index (χ2v) is 15.9. The van der Waals surface area contributed by atoms with Crippen molar-refractivity contribution in [2.45, 2.75) is 123 Å². The molecule has 4 aliphatic rings. The van der Waals surface area contributed by atoms with Gasteiger partial charge in [-0.25, -0.2) is 17.5 Å². The van der Waals surface area contributed by atoms with Crippen LogP contribution in [0.5, 0.6) is 5.75 Å². The lowest BCUT2D eigenvalue weighted by Crippen LogP contribution is -2.30. The summed E-state index contributed by atoms with van der Waals surface area (Å²) in [4.78, 5) is 26.6. The second-order valence-electron chi connectivity index (χ2n) is 14.1. The average molecular weight is 628 g/mol. The van der Waals surface area contributed by atoms with E-state index in [1.54, 1.807) is 18.2 Å². The molecule has 0 spiro atoms. The summed E-state index contributed by atoms with van der Waals surface area (Å²) in [6.45, 7) is 4.36. The monoisotopic (exact) mass is 627 g/mol. The summed E-state index contributed by atoms with van der Waals surface area (Å²) in [6.07, 6.45) is 17.8. The van der Waals surface area contributed by atoms with Crippen LogP contribution in [-0.2, 0) is 14.8 Å². The van der Waals surface area contributed by atoms with Crippen LogP contribution in [-0.4, -0.2) is 32.5 Å². The fourth-order valence-corrected chi connectivity index (χ4v) is 8.89. The lowest BCUT2D eigenvalue weighted by molar-refractivity contribution is -0.124. The highest BCUT2D eigenvalue weighted by Crippen LogP contribution is 2.49. The van der Waals surface area contributed by atoms with Gasteiger partial charge in [0.2, 0.25) is 10.0 Å². The number of hydrogen-bond donors (Lipinski definition) is 1. The van der Waals surface area contributed by atoms with Gasteiger partial charge in [-0.3, -0.25) is 9.59 Å². The van der Waals surface area contributed by atoms with Crippen LogP contribution in [0.3, 0.4) is 0 Å². The summed E-state index contributed by atoms with van der Waals surface area (Å²) >= 11 is 0. The highest BCUT2D eigenvalue weighted by molar-refractivity contribution is 7.89. The molecule has 0 bridgehead atoms. The van der Waals surface area contributed by atoms with E-state index in [2.05, 4.69) is 18.6 Å². The molecule has 3 atom stereocenters. The number of sulfonamides is 1. The molecule has 8 heteroatoms. The van der Waals surface area contributed by atoms with Crippen molar-refractivity contribution in [3.05, 3.63) is 46.8 Å². The van der Waals surface area contributed by atoms with Crippen molar-refractivity contribution < 1.29 is 27.1 Å². The van der Waals surface area contributed by atoms with E-state index in [0.717, 1.165) is 56.8 Å². The SMILES string of the molecule is CCCC1(CC(C)C(=O)C[C@@H]2CC[C@@H](Oc3cccc(C(=O)NS(C)(=O)=O)c3C3=C(C4CCC4)C(F)=CCC3)C2)CCCC1. The van der Waals surface area contributed by atoms with E-state index in [0.29, 0.717) is 47.3 Å². The number of carbonyl (C=O) groups is 2. The predicted molar refractivity (Wildman–Crippen MR) is 172 cm³/mol. The molecular weight excluding hydrogens is 577 g/mol. The summed E-state index contributed by atoms with van der Waals surface area (Å²) in [6, 6.07) is 5.10. The number of ether oxygens (including phenoxy) is 1. The van der Waals surface area contributed by atoms with E-state index in [9.17, 15) is 18.0 Å². The fraction of sp³-hybridized carbons (Fsp3) is 0.667. The number of ketones is 1. The number of amides is 1. The van der Waals surface area contributed by atoms with E-state index in [4.69, 9.17) is 4.74 Å². The Labute approximate surface area is 263 Å². The Morgan fingerprint density at radius 3 is 2.52 bits per heavy atom. The lowest BCUT2D eigenvalue weighted by Gasteiger charge is -2.33. The van der Waals surface area contributed by atoms with Gasteiger partial charge in [-0.05, 0) is 117 Å². The van der Waals surface area contributed by atoms with Crippen molar-refractivity contribution in [1.82, 2.24) is 4.72 Å². The normalized spacial score (nSPS) is 24.5. The van der Waals surface area contributed by atoms with Crippen LogP contribution >= 0.6 is 0 Å². The van der Waals surface area contributed by atoms with E-state index < -0.39 is 15.9 Å². The molecule has 0 saturated heterocycles. The van der Waals surface area contributed by atoms with Gasteiger partial charge in [-0.15, -0.1) is 0 Å². The standard InChI is InChI=1S/C36H50FNO5S/c1-4-18-36(19-5-6-20-36)23-24(2)31(39)22-25-16-17-27(21-25)43-32-15-9-13-29(35(40)38-44(3,41)42)34(32)28-12-8-14-30(37)33(28)26-10-7-11-26/h9,13-15,24-27H,4-8,10-12,16-23H2,1-3H3,(H,38,40)/t24?,25-,27-/m1/s1. The molecule has 0 aromatic heterocycles. The maximum Gasteiger partial charge on any atom is 0.265 e. The Balaban J connectivity index is 1.34. The predicted octanol–water partition coefficient (Wildman–Crippen LogP) is 8.47. The molecule has 1 aromatic rings. The summed E-state index contributed by atoms with van der Waals surface area (Å²) < 4.78 is 48.1. The van der Waals surface area contributed by atoms with Crippen molar-refractivity contribution in [3.63, 3.8) is 0 Å². The highest BCUT2D eigenvalue weighted by Gasteiger charge is 2.38. The third-order valence-corrected chi connectivity index (χ3v) is 11.2. The zero-order valence-electron chi connectivity index (χ0n) is 26.8. The van der Waals surface area contributed by atoms with E-state index >= 15 is 4.39 Å². The van der Waals surface area contributed by atoms with Gasteiger partial charge in [-0.1, -0.05) is 45.6 Å². The largest absolute Gasteiger partial charge is 0.490 e. The first-order valence-electron chi connectivity index (χ1n) is 16.9. The number of halogens is 1. The number of benzene rings is 1. The molecule has 242 valence electrons. The summed E-state index contributed by atoms with van der Waals surface area (Å²) in [5.41, 5.74) is 2.41. The van der Waals surface area contributed by atoms with Gasteiger partial charge in [0.05, 0.1) is 17.9 Å². The Bertz CT molecular complexity index is 1400. The number of allylic oxidation sites excluding steroid dienone is 4. The third-order valence-electron chi connectivity index (χ3n) is 10.7. The van der Waals surface area contributed by atoms with Crippen LogP contribution < -0.4 is 9.46 Å². The minimum absolute atomic E-state index is 0.0716. The zero-order chi connectivity index (χ0) is 31.5. The van der Waals surface area contributed by atoms with Crippen LogP contribution in [0.2, 0.25) is 0 Å². The van der Waals surface area contributed by atoms with Gasteiger partial charge >= 0.3 is 0 Å². The quantitative estimate of drug-likeness (QED) is 0.237. The van der Waals surface area contributed by atoms with Crippen LogP contribution in [0.15, 0.2) is 35.7 Å². The first-order chi connectivity index (χ1) is 21.0. The molecule has 0 heterocycles. The Hall–Kier alpha value is -2.48.